The molecule has 1 fully saturated rings. The third kappa shape index (κ3) is 5.62. The molecule has 2 amide bonds. The fourth-order valence-electron chi connectivity index (χ4n) is 4.25. The Morgan fingerprint density at radius 2 is 1.77 bits per heavy atom. The highest BCUT2D eigenvalue weighted by atomic mass is 35.5. The molecule has 4 aromatic carbocycles. The second-order valence-corrected chi connectivity index (χ2v) is 10.1. The molecule has 0 bridgehead atoms. The monoisotopic (exact) mass is 559 g/mol. The zero-order valence-electron chi connectivity index (χ0n) is 20.7. The van der Waals surface area contributed by atoms with E-state index in [1.807, 2.05) is 42.5 Å². The highest BCUT2D eigenvalue weighted by molar-refractivity contribution is 8.18. The van der Waals surface area contributed by atoms with E-state index < -0.39 is 5.97 Å². The highest BCUT2D eigenvalue weighted by Crippen LogP contribution is 2.40. The van der Waals surface area contributed by atoms with E-state index in [-0.39, 0.29) is 39.8 Å². The van der Waals surface area contributed by atoms with Crippen LogP contribution in [0, 0.1) is 0 Å². The van der Waals surface area contributed by atoms with Crippen molar-refractivity contribution in [2.24, 2.45) is 0 Å². The van der Waals surface area contributed by atoms with Gasteiger partial charge in [0.15, 0.2) is 11.5 Å². The van der Waals surface area contributed by atoms with Crippen molar-refractivity contribution in [2.45, 2.75) is 13.2 Å². The minimum absolute atomic E-state index is 0.141. The van der Waals surface area contributed by atoms with Crippen molar-refractivity contribution in [3.05, 3.63) is 111 Å². The van der Waals surface area contributed by atoms with Crippen molar-refractivity contribution in [3.8, 4) is 11.5 Å². The lowest BCUT2D eigenvalue weighted by Gasteiger charge is -2.14. The van der Waals surface area contributed by atoms with Gasteiger partial charge in [0, 0.05) is 0 Å². The summed E-state index contributed by atoms with van der Waals surface area (Å²) >= 11 is 7.38. The Morgan fingerprint density at radius 1 is 1.03 bits per heavy atom. The summed E-state index contributed by atoms with van der Waals surface area (Å²) < 4.78 is 11.3. The maximum absolute atomic E-state index is 13.2. The number of halogens is 1. The number of carboxylic acid groups (broad SMARTS) is 1. The first-order valence-corrected chi connectivity index (χ1v) is 13.1. The average molecular weight is 560 g/mol. The Kier molecular flexibility index (Phi) is 7.58. The van der Waals surface area contributed by atoms with E-state index >= 15 is 0 Å². The van der Waals surface area contributed by atoms with Gasteiger partial charge in [-0.3, -0.25) is 14.5 Å². The molecule has 1 heterocycles. The molecule has 4 aromatic rings. The molecular formula is C30H22ClNO6S. The molecule has 0 radical (unpaired) electrons. The molecule has 39 heavy (non-hydrogen) atoms. The summed E-state index contributed by atoms with van der Waals surface area (Å²) in [5, 5.41) is 11.0. The van der Waals surface area contributed by atoms with Crippen LogP contribution in [-0.4, -0.2) is 34.2 Å². The first kappa shape index (κ1) is 26.3. The molecule has 0 aliphatic carbocycles. The first-order chi connectivity index (χ1) is 18.8. The van der Waals surface area contributed by atoms with E-state index in [9.17, 15) is 14.4 Å². The fraction of sp³-hybridized carbons (Fsp3) is 0.100. The van der Waals surface area contributed by atoms with Crippen molar-refractivity contribution in [1.29, 1.82) is 0 Å². The molecule has 5 rings (SSSR count). The summed E-state index contributed by atoms with van der Waals surface area (Å²) in [5.74, 6) is -0.721. The van der Waals surface area contributed by atoms with Gasteiger partial charge in [0.05, 0.1) is 29.1 Å². The number of methoxy groups -OCH3 is 1. The van der Waals surface area contributed by atoms with Gasteiger partial charge in [-0.25, -0.2) is 4.79 Å². The zero-order valence-corrected chi connectivity index (χ0v) is 22.3. The number of rotatable bonds is 8. The molecule has 1 aliphatic rings. The van der Waals surface area contributed by atoms with Crippen LogP contribution in [0.25, 0.3) is 16.8 Å². The van der Waals surface area contributed by atoms with Gasteiger partial charge in [0.2, 0.25) is 0 Å². The molecule has 1 saturated heterocycles. The molecule has 196 valence electrons. The fourth-order valence-corrected chi connectivity index (χ4v) is 5.36. The minimum Gasteiger partial charge on any atom is -0.493 e. The number of aromatic carboxylic acids is 1. The Morgan fingerprint density at radius 3 is 2.51 bits per heavy atom. The third-order valence-electron chi connectivity index (χ3n) is 6.22. The minimum atomic E-state index is -1.01. The smallest absolute Gasteiger partial charge is 0.335 e. The normalized spacial score (nSPS) is 14.3. The van der Waals surface area contributed by atoms with Gasteiger partial charge in [-0.05, 0) is 69.6 Å². The second-order valence-electron chi connectivity index (χ2n) is 8.73. The number of carboxylic acids is 1. The number of fused-ring (bicyclic) bond motifs is 1. The Balaban J connectivity index is 1.34. The van der Waals surface area contributed by atoms with Crippen LogP contribution >= 0.6 is 23.4 Å². The van der Waals surface area contributed by atoms with Gasteiger partial charge >= 0.3 is 5.97 Å². The highest BCUT2D eigenvalue weighted by Gasteiger charge is 2.35. The SMILES string of the molecule is COc1cc(/C=C2/SC(=O)N(Cc3cccc4ccccc34)C2=O)cc(Cl)c1OCc1ccc(C(=O)O)cc1. The first-order valence-electron chi connectivity index (χ1n) is 11.9. The van der Waals surface area contributed by atoms with E-state index in [1.54, 1.807) is 30.3 Å². The van der Waals surface area contributed by atoms with Crippen LogP contribution in [0.1, 0.15) is 27.0 Å². The van der Waals surface area contributed by atoms with Gasteiger partial charge in [0.25, 0.3) is 11.1 Å². The predicted molar refractivity (Wildman–Crippen MR) is 151 cm³/mol. The van der Waals surface area contributed by atoms with Crippen LogP contribution in [0.2, 0.25) is 5.02 Å². The van der Waals surface area contributed by atoms with Crippen LogP contribution in [0.5, 0.6) is 11.5 Å². The maximum atomic E-state index is 13.2. The molecule has 1 aliphatic heterocycles. The van der Waals surface area contributed by atoms with Crippen molar-refractivity contribution >= 4 is 57.3 Å². The van der Waals surface area contributed by atoms with E-state index in [1.165, 1.54) is 24.1 Å². The Bertz CT molecular complexity index is 1630. The number of nitrogens with zero attached hydrogens (tertiary/aromatic N) is 1. The quantitative estimate of drug-likeness (QED) is 0.232. The predicted octanol–water partition coefficient (Wildman–Crippen LogP) is 7.02. The number of amides is 2. The van der Waals surface area contributed by atoms with Crippen molar-refractivity contribution in [1.82, 2.24) is 4.90 Å². The average Bonchev–Trinajstić information content (AvgIpc) is 3.19. The lowest BCUT2D eigenvalue weighted by Crippen LogP contribution is -2.27. The zero-order chi connectivity index (χ0) is 27.5. The van der Waals surface area contributed by atoms with Crippen LogP contribution in [-0.2, 0) is 17.9 Å². The molecule has 1 N–H and O–H groups in total. The van der Waals surface area contributed by atoms with Crippen LogP contribution in [0.4, 0.5) is 4.79 Å². The molecule has 0 spiro atoms. The van der Waals surface area contributed by atoms with E-state index in [0.29, 0.717) is 17.1 Å². The summed E-state index contributed by atoms with van der Waals surface area (Å²) in [6.07, 6.45) is 1.61. The lowest BCUT2D eigenvalue weighted by molar-refractivity contribution is -0.123. The van der Waals surface area contributed by atoms with Crippen molar-refractivity contribution in [2.75, 3.05) is 7.11 Å². The number of imide groups is 1. The Labute approximate surface area is 233 Å². The molecular weight excluding hydrogens is 538 g/mol. The van der Waals surface area contributed by atoms with Gasteiger partial charge in [-0.15, -0.1) is 0 Å². The van der Waals surface area contributed by atoms with Crippen LogP contribution in [0.3, 0.4) is 0 Å². The summed E-state index contributed by atoms with van der Waals surface area (Å²) in [7, 11) is 1.47. The van der Waals surface area contributed by atoms with E-state index in [2.05, 4.69) is 0 Å². The topological polar surface area (TPSA) is 93.1 Å². The van der Waals surface area contributed by atoms with Crippen molar-refractivity contribution < 1.29 is 29.0 Å². The van der Waals surface area contributed by atoms with Gasteiger partial charge in [-0.1, -0.05) is 66.2 Å². The largest absolute Gasteiger partial charge is 0.493 e. The molecule has 0 unspecified atom stereocenters. The van der Waals surface area contributed by atoms with Crippen molar-refractivity contribution in [3.63, 3.8) is 0 Å². The molecule has 7 nitrogen and oxygen atoms in total. The Hall–Kier alpha value is -4.27. The number of benzene rings is 4. The molecule has 0 aromatic heterocycles. The summed E-state index contributed by atoms with van der Waals surface area (Å²) in [6.45, 7) is 0.316. The van der Waals surface area contributed by atoms with Gasteiger partial charge in [-0.2, -0.15) is 0 Å². The third-order valence-corrected chi connectivity index (χ3v) is 7.40. The van der Waals surface area contributed by atoms with E-state index in [0.717, 1.165) is 33.7 Å². The maximum Gasteiger partial charge on any atom is 0.335 e. The number of hydrogen-bond donors (Lipinski definition) is 1. The van der Waals surface area contributed by atoms with Crippen LogP contribution in [0.15, 0.2) is 83.8 Å². The summed E-state index contributed by atoms with van der Waals surface area (Å²) in [4.78, 5) is 38.5. The number of ether oxygens (including phenoxy) is 2. The number of carbonyl (C=O) groups is 3. The molecule has 0 atom stereocenters. The second kappa shape index (κ2) is 11.2. The standard InChI is InChI=1S/C30H22ClNO6S/c1-37-25-14-19(13-24(31)27(25)38-17-18-9-11-21(12-10-18)29(34)35)15-26-28(33)32(30(36)39-26)16-22-7-4-6-20-5-2-3-8-23(20)22/h2-15H,16-17H2,1H3,(H,34,35)/b26-15+. The van der Waals surface area contributed by atoms with Crippen LogP contribution < -0.4 is 9.47 Å². The number of hydrogen-bond acceptors (Lipinski definition) is 6. The van der Waals surface area contributed by atoms with Gasteiger partial charge < -0.3 is 14.6 Å². The number of thioether (sulfide) groups is 1. The molecule has 0 saturated carbocycles. The molecule has 9 heteroatoms. The van der Waals surface area contributed by atoms with E-state index in [4.69, 9.17) is 26.2 Å². The summed E-state index contributed by atoms with van der Waals surface area (Å²) in [6, 6.07) is 23.3. The summed E-state index contributed by atoms with van der Waals surface area (Å²) in [5.41, 5.74) is 2.40. The number of carbonyl (C=O) groups excluding carboxylic acids is 2. The van der Waals surface area contributed by atoms with Gasteiger partial charge in [0.1, 0.15) is 6.61 Å². The lowest BCUT2D eigenvalue weighted by atomic mass is 10.0.